The molecule has 0 saturated carbocycles. The van der Waals surface area contributed by atoms with Gasteiger partial charge in [0.25, 0.3) is 5.91 Å². The van der Waals surface area contributed by atoms with E-state index >= 15 is 0 Å². The van der Waals surface area contributed by atoms with Gasteiger partial charge in [-0.25, -0.2) is 0 Å². The lowest BCUT2D eigenvalue weighted by Crippen LogP contribution is -2.34. The maximum Gasteiger partial charge on any atom is 0.276 e. The third-order valence-corrected chi connectivity index (χ3v) is 3.46. The van der Waals surface area contributed by atoms with Gasteiger partial charge in [0.2, 0.25) is 0 Å². The van der Waals surface area contributed by atoms with E-state index in [1.54, 1.807) is 16.6 Å². The van der Waals surface area contributed by atoms with Crippen LogP contribution in [0.2, 0.25) is 0 Å². The van der Waals surface area contributed by atoms with E-state index in [0.717, 1.165) is 23.4 Å². The first kappa shape index (κ1) is 15.3. The molecule has 1 aromatic carbocycles. The van der Waals surface area contributed by atoms with Crippen molar-refractivity contribution < 1.29 is 4.79 Å². The van der Waals surface area contributed by atoms with Gasteiger partial charge in [-0.05, 0) is 44.5 Å². The second kappa shape index (κ2) is 6.54. The van der Waals surface area contributed by atoms with Gasteiger partial charge in [0.05, 0.1) is 5.69 Å². The Morgan fingerprint density at radius 2 is 2.05 bits per heavy atom. The minimum atomic E-state index is -0.0409. The number of carbonyl (C=O) groups is 1. The monoisotopic (exact) mass is 286 g/mol. The molecule has 0 bridgehead atoms. The molecule has 1 amide bonds. The second-order valence-electron chi connectivity index (χ2n) is 5.18. The van der Waals surface area contributed by atoms with Gasteiger partial charge in [-0.15, -0.1) is 0 Å². The second-order valence-corrected chi connectivity index (χ2v) is 5.18. The zero-order chi connectivity index (χ0) is 15.4. The third-order valence-electron chi connectivity index (χ3n) is 3.46. The number of para-hydroxylation sites is 1. The molecular weight excluding hydrogens is 264 g/mol. The molecule has 112 valence electrons. The first-order valence-electron chi connectivity index (χ1n) is 7.12. The number of carbonyl (C=O) groups excluding carboxylic acids is 1. The van der Waals surface area contributed by atoms with Gasteiger partial charge in [-0.1, -0.05) is 18.2 Å². The summed E-state index contributed by atoms with van der Waals surface area (Å²) in [6, 6.07) is 9.70. The van der Waals surface area contributed by atoms with Gasteiger partial charge in [0.15, 0.2) is 0 Å². The first-order valence-corrected chi connectivity index (χ1v) is 7.12. The molecule has 5 heteroatoms. The molecule has 2 N–H and O–H groups in total. The van der Waals surface area contributed by atoms with E-state index in [-0.39, 0.29) is 5.91 Å². The van der Waals surface area contributed by atoms with Crippen LogP contribution in [0.1, 0.15) is 28.2 Å². The van der Waals surface area contributed by atoms with E-state index < -0.39 is 0 Å². The molecule has 0 radical (unpaired) electrons. The van der Waals surface area contributed by atoms with Crippen LogP contribution in [0.15, 0.2) is 30.3 Å². The van der Waals surface area contributed by atoms with Crippen molar-refractivity contribution in [2.45, 2.75) is 20.3 Å². The molecule has 0 spiro atoms. The Morgan fingerprint density at radius 1 is 1.33 bits per heavy atom. The lowest BCUT2D eigenvalue weighted by atomic mass is 10.1. The molecule has 0 aliphatic rings. The Labute approximate surface area is 125 Å². The lowest BCUT2D eigenvalue weighted by molar-refractivity contribution is 0.0977. The highest BCUT2D eigenvalue weighted by Gasteiger charge is 2.21. The van der Waals surface area contributed by atoms with Crippen LogP contribution in [0.3, 0.4) is 0 Å². The molecule has 1 heterocycles. The number of hydrogen-bond donors (Lipinski definition) is 1. The molecule has 0 aliphatic carbocycles. The van der Waals surface area contributed by atoms with Crippen molar-refractivity contribution in [2.75, 3.05) is 18.0 Å². The summed E-state index contributed by atoms with van der Waals surface area (Å²) in [5.74, 6) is -0.0409. The van der Waals surface area contributed by atoms with Crippen LogP contribution < -0.4 is 10.6 Å². The Kier molecular flexibility index (Phi) is 4.75. The zero-order valence-electron chi connectivity index (χ0n) is 12.8. The van der Waals surface area contributed by atoms with E-state index in [1.165, 1.54) is 0 Å². The van der Waals surface area contributed by atoms with Crippen LogP contribution in [0, 0.1) is 13.8 Å². The fraction of sp³-hybridized carbons (Fsp3) is 0.375. The summed E-state index contributed by atoms with van der Waals surface area (Å²) >= 11 is 0. The van der Waals surface area contributed by atoms with Crippen LogP contribution in [-0.2, 0) is 7.05 Å². The molecule has 2 rings (SSSR count). The van der Waals surface area contributed by atoms with Crippen LogP contribution in [0.4, 0.5) is 5.69 Å². The smallest absolute Gasteiger partial charge is 0.276 e. The molecule has 0 aliphatic heterocycles. The van der Waals surface area contributed by atoms with Gasteiger partial charge in [0, 0.05) is 19.3 Å². The highest BCUT2D eigenvalue weighted by molar-refractivity contribution is 6.05. The van der Waals surface area contributed by atoms with Gasteiger partial charge < -0.3 is 10.6 Å². The number of amides is 1. The SMILES string of the molecule is Cc1cc(C(=O)N(CCCN)c2ccccc2C)n(C)n1. The number of rotatable bonds is 5. The predicted octanol–water partition coefficient (Wildman–Crippen LogP) is 2.03. The van der Waals surface area contributed by atoms with Gasteiger partial charge >= 0.3 is 0 Å². The summed E-state index contributed by atoms with van der Waals surface area (Å²) < 4.78 is 1.63. The topological polar surface area (TPSA) is 64.2 Å². The Morgan fingerprint density at radius 3 is 2.62 bits per heavy atom. The van der Waals surface area contributed by atoms with Crippen molar-refractivity contribution in [1.82, 2.24) is 9.78 Å². The third kappa shape index (κ3) is 3.31. The molecular formula is C16H22N4O. The number of benzene rings is 1. The Bertz CT molecular complexity index is 633. The van der Waals surface area contributed by atoms with Crippen LogP contribution in [-0.4, -0.2) is 28.8 Å². The molecule has 0 saturated heterocycles. The Balaban J connectivity index is 2.38. The molecule has 1 aromatic heterocycles. The fourth-order valence-corrected chi connectivity index (χ4v) is 2.40. The predicted molar refractivity (Wildman–Crippen MR) is 84.5 cm³/mol. The number of hydrogen-bond acceptors (Lipinski definition) is 3. The van der Waals surface area contributed by atoms with Crippen molar-refractivity contribution in [3.8, 4) is 0 Å². The van der Waals surface area contributed by atoms with Gasteiger partial charge in [-0.3, -0.25) is 9.48 Å². The number of nitrogens with two attached hydrogens (primary N) is 1. The maximum atomic E-state index is 12.9. The van der Waals surface area contributed by atoms with E-state index in [4.69, 9.17) is 5.73 Å². The quantitative estimate of drug-likeness (QED) is 0.914. The lowest BCUT2D eigenvalue weighted by Gasteiger charge is -2.24. The van der Waals surface area contributed by atoms with Crippen molar-refractivity contribution in [3.63, 3.8) is 0 Å². The largest absolute Gasteiger partial charge is 0.330 e. The van der Waals surface area contributed by atoms with Crippen LogP contribution in [0.5, 0.6) is 0 Å². The van der Waals surface area contributed by atoms with E-state index in [2.05, 4.69) is 5.10 Å². The number of aromatic nitrogens is 2. The number of nitrogens with zero attached hydrogens (tertiary/aromatic N) is 3. The highest BCUT2D eigenvalue weighted by Crippen LogP contribution is 2.22. The summed E-state index contributed by atoms with van der Waals surface area (Å²) in [6.45, 7) is 5.05. The van der Waals surface area contributed by atoms with Crippen LogP contribution in [0.25, 0.3) is 0 Å². The summed E-state index contributed by atoms with van der Waals surface area (Å²) in [6.07, 6.45) is 0.761. The standard InChI is InChI=1S/C16H22N4O/c1-12-7-4-5-8-14(12)20(10-6-9-17)16(21)15-11-13(2)18-19(15)3/h4-5,7-8,11H,6,9-10,17H2,1-3H3. The molecule has 5 nitrogen and oxygen atoms in total. The maximum absolute atomic E-state index is 12.9. The molecule has 0 atom stereocenters. The summed E-state index contributed by atoms with van der Waals surface area (Å²) in [4.78, 5) is 14.7. The van der Waals surface area contributed by atoms with Crippen molar-refractivity contribution in [2.24, 2.45) is 12.8 Å². The van der Waals surface area contributed by atoms with Crippen molar-refractivity contribution in [1.29, 1.82) is 0 Å². The normalized spacial score (nSPS) is 10.7. The number of anilines is 1. The summed E-state index contributed by atoms with van der Waals surface area (Å²) in [5.41, 5.74) is 9.04. The molecule has 0 fully saturated rings. The summed E-state index contributed by atoms with van der Waals surface area (Å²) in [5, 5.41) is 4.26. The average Bonchev–Trinajstić information content (AvgIpc) is 2.79. The van der Waals surface area contributed by atoms with Crippen molar-refractivity contribution >= 4 is 11.6 Å². The van der Waals surface area contributed by atoms with Gasteiger partial charge in [-0.2, -0.15) is 5.10 Å². The average molecular weight is 286 g/mol. The fourth-order valence-electron chi connectivity index (χ4n) is 2.40. The summed E-state index contributed by atoms with van der Waals surface area (Å²) in [7, 11) is 1.79. The molecule has 0 unspecified atom stereocenters. The van der Waals surface area contributed by atoms with Crippen molar-refractivity contribution in [3.05, 3.63) is 47.3 Å². The molecule has 21 heavy (non-hydrogen) atoms. The van der Waals surface area contributed by atoms with E-state index in [0.29, 0.717) is 18.8 Å². The Hall–Kier alpha value is -2.14. The van der Waals surface area contributed by atoms with E-state index in [9.17, 15) is 4.79 Å². The highest BCUT2D eigenvalue weighted by atomic mass is 16.2. The molecule has 2 aromatic rings. The number of aryl methyl sites for hydroxylation is 3. The minimum absolute atomic E-state index is 0.0409. The zero-order valence-corrected chi connectivity index (χ0v) is 12.8. The first-order chi connectivity index (χ1) is 10.0. The van der Waals surface area contributed by atoms with E-state index in [1.807, 2.05) is 44.2 Å². The minimum Gasteiger partial charge on any atom is -0.330 e. The van der Waals surface area contributed by atoms with Crippen LogP contribution >= 0.6 is 0 Å². The van der Waals surface area contributed by atoms with Gasteiger partial charge in [0.1, 0.15) is 5.69 Å².